The number of hydrogen-bond donors (Lipinski definition) is 0. The van der Waals surface area contributed by atoms with Crippen LogP contribution in [0.4, 0.5) is 0 Å². The Morgan fingerprint density at radius 1 is 0.667 bits per heavy atom. The molecule has 128 valence electrons. The van der Waals surface area contributed by atoms with Gasteiger partial charge in [-0.25, -0.2) is 0 Å². The van der Waals surface area contributed by atoms with Gasteiger partial charge in [-0.1, -0.05) is 6.92 Å². The number of rotatable bonds is 10. The summed E-state index contributed by atoms with van der Waals surface area (Å²) in [6, 6.07) is 2.12. The fraction of sp³-hybridized carbons (Fsp3) is 1.00. The minimum atomic E-state index is -2.08. The van der Waals surface area contributed by atoms with E-state index in [2.05, 4.69) is 65.8 Å². The van der Waals surface area contributed by atoms with Gasteiger partial charge in [-0.3, -0.25) is 0 Å². The van der Waals surface area contributed by atoms with Gasteiger partial charge in [0.2, 0.25) is 0 Å². The lowest BCUT2D eigenvalue weighted by Crippen LogP contribution is -2.54. The van der Waals surface area contributed by atoms with Gasteiger partial charge in [0.25, 0.3) is 0 Å². The highest BCUT2D eigenvalue weighted by Crippen LogP contribution is 2.29. The first-order valence-corrected chi connectivity index (χ1v) is 20.7. The highest BCUT2D eigenvalue weighted by molar-refractivity contribution is 6.88. The van der Waals surface area contributed by atoms with Crippen LogP contribution in [0.15, 0.2) is 0 Å². The van der Waals surface area contributed by atoms with Crippen LogP contribution in [-0.2, 0) is 12.7 Å². The topological polar surface area (TPSA) is 27.7 Å². The highest BCUT2D eigenvalue weighted by Gasteiger charge is 2.42. The molecule has 0 aliphatic carbocycles. The smallest absolute Gasteiger partial charge is 0.317 e. The second kappa shape index (κ2) is 8.03. The third-order valence-corrected chi connectivity index (χ3v) is 13.9. The van der Waals surface area contributed by atoms with Crippen molar-refractivity contribution in [1.29, 1.82) is 0 Å². The Morgan fingerprint density at radius 3 is 1.38 bits per heavy atom. The third kappa shape index (κ3) is 11.9. The Morgan fingerprint density at radius 2 is 1.10 bits per heavy atom. The maximum Gasteiger partial charge on any atom is 0.317 e. The first-order valence-electron chi connectivity index (χ1n) is 8.22. The fourth-order valence-electron chi connectivity index (χ4n) is 2.28. The minimum absolute atomic E-state index is 0.856. The molecule has 0 radical (unpaired) electrons. The van der Waals surface area contributed by atoms with Crippen LogP contribution < -0.4 is 0 Å². The van der Waals surface area contributed by atoms with Gasteiger partial charge in [0.1, 0.15) is 0 Å². The van der Waals surface area contributed by atoms with Crippen molar-refractivity contribution >= 4 is 33.5 Å². The Balaban J connectivity index is 4.78. The molecule has 0 N–H and O–H groups in total. The first-order chi connectivity index (χ1) is 9.18. The van der Waals surface area contributed by atoms with E-state index in [-0.39, 0.29) is 0 Å². The molecule has 21 heavy (non-hydrogen) atoms. The lowest BCUT2D eigenvalue weighted by atomic mass is 10.5. The molecule has 3 nitrogen and oxygen atoms in total. The molecule has 0 amide bonds. The van der Waals surface area contributed by atoms with E-state index in [0.717, 1.165) is 25.1 Å². The SMILES string of the molecule is CC[Si](CCCO[Si](C)(C)C)(O[Si](C)(C)C)O[Si](C)(C)C. The molecule has 0 aromatic rings. The third-order valence-electron chi connectivity index (χ3n) is 2.76. The van der Waals surface area contributed by atoms with Crippen molar-refractivity contribution < 1.29 is 12.7 Å². The van der Waals surface area contributed by atoms with Gasteiger partial charge in [-0.2, -0.15) is 0 Å². The van der Waals surface area contributed by atoms with Crippen LogP contribution in [0.25, 0.3) is 0 Å². The van der Waals surface area contributed by atoms with E-state index in [1.54, 1.807) is 0 Å². The van der Waals surface area contributed by atoms with Gasteiger partial charge in [0.15, 0.2) is 25.0 Å². The largest absolute Gasteiger partial charge is 0.436 e. The Labute approximate surface area is 137 Å². The molecule has 7 heteroatoms. The molecule has 0 unspecified atom stereocenters. The van der Waals surface area contributed by atoms with Crippen molar-refractivity contribution in [1.82, 2.24) is 0 Å². The molecule has 0 aliphatic heterocycles. The second-order valence-corrected chi connectivity index (χ2v) is 26.4. The zero-order valence-corrected chi connectivity index (χ0v) is 20.1. The van der Waals surface area contributed by atoms with Crippen LogP contribution in [-0.4, -0.2) is 40.1 Å². The summed E-state index contributed by atoms with van der Waals surface area (Å²) in [4.78, 5) is 0. The van der Waals surface area contributed by atoms with Gasteiger partial charge < -0.3 is 12.7 Å². The summed E-state index contributed by atoms with van der Waals surface area (Å²) in [5.74, 6) is 0. The van der Waals surface area contributed by atoms with Crippen molar-refractivity contribution in [3.8, 4) is 0 Å². The van der Waals surface area contributed by atoms with Gasteiger partial charge in [0.05, 0.1) is 0 Å². The van der Waals surface area contributed by atoms with Crippen LogP contribution in [0.3, 0.4) is 0 Å². The van der Waals surface area contributed by atoms with E-state index in [1.165, 1.54) is 0 Å². The zero-order chi connectivity index (χ0) is 16.9. The van der Waals surface area contributed by atoms with Gasteiger partial charge >= 0.3 is 8.56 Å². The highest BCUT2D eigenvalue weighted by atomic mass is 28.5. The van der Waals surface area contributed by atoms with E-state index in [4.69, 9.17) is 12.7 Å². The summed E-state index contributed by atoms with van der Waals surface area (Å²) in [6.07, 6.45) is 1.07. The standard InChI is InChI=1S/C14H38O3Si4/c1-11-21(16-19(5,6)7,17-20(8,9)10)14-12-13-15-18(2,3)4/h11-14H2,1-10H3. The molecule has 0 atom stereocenters. The van der Waals surface area contributed by atoms with E-state index >= 15 is 0 Å². The lowest BCUT2D eigenvalue weighted by Gasteiger charge is -2.40. The summed E-state index contributed by atoms with van der Waals surface area (Å²) < 4.78 is 19.3. The fourth-order valence-corrected chi connectivity index (χ4v) is 15.5. The van der Waals surface area contributed by atoms with Gasteiger partial charge in [-0.05, 0) is 77.4 Å². The van der Waals surface area contributed by atoms with Crippen molar-refractivity contribution in [2.24, 2.45) is 0 Å². The van der Waals surface area contributed by atoms with Crippen LogP contribution in [0.2, 0.25) is 71.0 Å². The molecular weight excluding hydrogens is 328 g/mol. The van der Waals surface area contributed by atoms with Gasteiger partial charge in [0, 0.05) is 6.61 Å². The Hall–Kier alpha value is 0.748. The number of hydrogen-bond acceptors (Lipinski definition) is 3. The summed E-state index contributed by atoms with van der Waals surface area (Å²) >= 11 is 0. The van der Waals surface area contributed by atoms with Crippen LogP contribution >= 0.6 is 0 Å². The maximum atomic E-state index is 6.63. The molecule has 0 fully saturated rings. The molecule has 0 aromatic heterocycles. The molecule has 0 spiro atoms. The average Bonchev–Trinajstić information content (AvgIpc) is 2.18. The van der Waals surface area contributed by atoms with Gasteiger partial charge in [-0.15, -0.1) is 0 Å². The predicted molar refractivity (Wildman–Crippen MR) is 104 cm³/mol. The van der Waals surface area contributed by atoms with Crippen molar-refractivity contribution in [3.63, 3.8) is 0 Å². The summed E-state index contributed by atoms with van der Waals surface area (Å²) in [5.41, 5.74) is 0. The van der Waals surface area contributed by atoms with E-state index in [9.17, 15) is 0 Å². The van der Waals surface area contributed by atoms with Crippen molar-refractivity contribution in [2.75, 3.05) is 6.61 Å². The van der Waals surface area contributed by atoms with Crippen molar-refractivity contribution in [3.05, 3.63) is 0 Å². The lowest BCUT2D eigenvalue weighted by molar-refractivity contribution is 0.299. The molecular formula is C14H38O3Si4. The zero-order valence-electron chi connectivity index (χ0n) is 16.1. The van der Waals surface area contributed by atoms with Crippen LogP contribution in [0.1, 0.15) is 13.3 Å². The molecule has 0 aliphatic rings. The maximum absolute atomic E-state index is 6.63. The molecule has 0 aromatic carbocycles. The van der Waals surface area contributed by atoms with E-state index in [0.29, 0.717) is 0 Å². The minimum Gasteiger partial charge on any atom is -0.436 e. The average molecular weight is 367 g/mol. The summed E-state index contributed by atoms with van der Waals surface area (Å²) in [5, 5.41) is 0. The van der Waals surface area contributed by atoms with Crippen LogP contribution in [0, 0.1) is 0 Å². The molecule has 0 bridgehead atoms. The normalized spacial score (nSPS) is 14.6. The Bertz CT molecular complexity index is 287. The molecule has 0 rings (SSSR count). The van der Waals surface area contributed by atoms with Crippen LogP contribution in [0.5, 0.6) is 0 Å². The molecule has 0 saturated heterocycles. The molecule has 0 heterocycles. The predicted octanol–water partition coefficient (Wildman–Crippen LogP) is 5.39. The quantitative estimate of drug-likeness (QED) is 0.383. The second-order valence-electron chi connectivity index (χ2n) is 8.76. The summed E-state index contributed by atoms with van der Waals surface area (Å²) in [7, 11) is -6.65. The first kappa shape index (κ1) is 21.7. The molecule has 0 saturated carbocycles. The van der Waals surface area contributed by atoms with Crippen molar-refractivity contribution in [2.45, 2.75) is 84.4 Å². The summed E-state index contributed by atoms with van der Waals surface area (Å²) in [6.45, 7) is 23.5. The van der Waals surface area contributed by atoms with E-state index in [1.807, 2.05) is 0 Å². The van der Waals surface area contributed by atoms with E-state index < -0.39 is 33.5 Å². The Kier molecular flexibility index (Phi) is 8.31. The monoisotopic (exact) mass is 366 g/mol.